The minimum Gasteiger partial charge on any atom is -0.236 e. The minimum atomic E-state index is 0.628. The summed E-state index contributed by atoms with van der Waals surface area (Å²) in [6.07, 6.45) is 9.17. The maximum atomic E-state index is 4.90. The van der Waals surface area contributed by atoms with Crippen molar-refractivity contribution in [1.82, 2.24) is 20.0 Å². The summed E-state index contributed by atoms with van der Waals surface area (Å²) in [6.45, 7) is 2.11. The molecule has 0 spiro atoms. The normalized spacial score (nSPS) is 27.8. The molecule has 33 heavy (non-hydrogen) atoms. The lowest BCUT2D eigenvalue weighted by molar-refractivity contribution is -0.00490. The second-order valence-electron chi connectivity index (χ2n) is 10.5. The Morgan fingerprint density at radius 1 is 0.818 bits per heavy atom. The first kappa shape index (κ1) is 19.7. The number of hydrogen-bond acceptors (Lipinski definition) is 4. The van der Waals surface area contributed by atoms with E-state index in [1.807, 2.05) is 6.20 Å². The van der Waals surface area contributed by atoms with Crippen LogP contribution in [0.3, 0.4) is 0 Å². The highest BCUT2D eigenvalue weighted by Crippen LogP contribution is 2.59. The van der Waals surface area contributed by atoms with Crippen LogP contribution in [-0.4, -0.2) is 20.0 Å². The monoisotopic (exact) mass is 452 g/mol. The van der Waals surface area contributed by atoms with Crippen molar-refractivity contribution < 1.29 is 0 Å². The van der Waals surface area contributed by atoms with Crippen LogP contribution in [0.2, 0.25) is 0 Å². The number of hydrogen-bond donors (Lipinski definition) is 0. The van der Waals surface area contributed by atoms with Gasteiger partial charge in [-0.05, 0) is 74.8 Å². The molecule has 4 nitrogen and oxygen atoms in total. The van der Waals surface area contributed by atoms with E-state index in [-0.39, 0.29) is 0 Å². The molecule has 0 amide bonds. The number of rotatable bonds is 4. The van der Waals surface area contributed by atoms with Crippen LogP contribution in [-0.2, 0) is 0 Å². The molecule has 4 fully saturated rings. The predicted molar refractivity (Wildman–Crippen MR) is 132 cm³/mol. The average molecular weight is 453 g/mol. The van der Waals surface area contributed by atoms with E-state index >= 15 is 0 Å². The Balaban J connectivity index is 1.16. The number of thiazole rings is 1. The molecule has 4 aromatic rings. The van der Waals surface area contributed by atoms with Gasteiger partial charge in [0.15, 0.2) is 0 Å². The summed E-state index contributed by atoms with van der Waals surface area (Å²) >= 11 is 1.70. The van der Waals surface area contributed by atoms with Crippen molar-refractivity contribution in [2.24, 2.45) is 23.7 Å². The van der Waals surface area contributed by atoms with Crippen LogP contribution in [0.5, 0.6) is 0 Å². The van der Waals surface area contributed by atoms with Gasteiger partial charge in [0.2, 0.25) is 0 Å². The van der Waals surface area contributed by atoms with E-state index in [9.17, 15) is 0 Å². The highest BCUT2D eigenvalue weighted by molar-refractivity contribution is 7.13. The fourth-order valence-electron chi connectivity index (χ4n) is 7.09. The van der Waals surface area contributed by atoms with E-state index in [4.69, 9.17) is 4.98 Å². The predicted octanol–water partition coefficient (Wildman–Crippen LogP) is 6.91. The molecule has 0 radical (unpaired) electrons. The van der Waals surface area contributed by atoms with Crippen LogP contribution in [0.1, 0.15) is 49.3 Å². The van der Waals surface area contributed by atoms with Crippen LogP contribution in [0.25, 0.3) is 27.5 Å². The van der Waals surface area contributed by atoms with E-state index in [0.29, 0.717) is 5.92 Å². The fourth-order valence-corrected chi connectivity index (χ4v) is 7.92. The third-order valence-electron chi connectivity index (χ3n) is 8.35. The van der Waals surface area contributed by atoms with Crippen molar-refractivity contribution in [2.45, 2.75) is 44.9 Å². The van der Waals surface area contributed by atoms with Crippen LogP contribution >= 0.6 is 11.3 Å². The van der Waals surface area contributed by atoms with Gasteiger partial charge in [-0.15, -0.1) is 16.4 Å². The van der Waals surface area contributed by atoms with Crippen LogP contribution < -0.4 is 0 Å². The molecular weight excluding hydrogens is 424 g/mol. The number of aryl methyl sites for hydroxylation is 1. The Labute approximate surface area is 198 Å². The highest BCUT2D eigenvalue weighted by atomic mass is 32.1. The Hall–Kier alpha value is -2.79. The fraction of sp³-hybridized carbons (Fsp3) is 0.393. The second-order valence-corrected chi connectivity index (χ2v) is 11.3. The van der Waals surface area contributed by atoms with Gasteiger partial charge in [-0.1, -0.05) is 47.2 Å². The molecular formula is C28H28N4S. The maximum Gasteiger partial charge on any atom is 0.124 e. The van der Waals surface area contributed by atoms with Gasteiger partial charge in [-0.3, -0.25) is 0 Å². The van der Waals surface area contributed by atoms with Crippen molar-refractivity contribution in [2.75, 3.05) is 0 Å². The quantitative estimate of drug-likeness (QED) is 0.338. The topological polar surface area (TPSA) is 43.6 Å². The van der Waals surface area contributed by atoms with E-state index in [2.05, 4.69) is 75.8 Å². The number of benzene rings is 2. The molecule has 4 bridgehead atoms. The first-order valence-corrected chi connectivity index (χ1v) is 13.1. The summed E-state index contributed by atoms with van der Waals surface area (Å²) in [7, 11) is 0. The number of nitrogens with zero attached hydrogens (tertiary/aromatic N) is 4. The summed E-state index contributed by atoms with van der Waals surface area (Å²) in [5.74, 6) is 4.24. The Morgan fingerprint density at radius 3 is 2.18 bits per heavy atom. The summed E-state index contributed by atoms with van der Waals surface area (Å²) in [6, 6.07) is 17.3. The molecule has 0 saturated heterocycles. The van der Waals surface area contributed by atoms with Crippen LogP contribution in [0.15, 0.2) is 60.1 Å². The Morgan fingerprint density at radius 2 is 1.48 bits per heavy atom. The van der Waals surface area contributed by atoms with Gasteiger partial charge in [0.1, 0.15) is 5.01 Å². The summed E-state index contributed by atoms with van der Waals surface area (Å²) in [4.78, 5) is 4.90. The smallest absolute Gasteiger partial charge is 0.124 e. The van der Waals surface area contributed by atoms with Crippen molar-refractivity contribution in [3.8, 4) is 27.5 Å². The van der Waals surface area contributed by atoms with Gasteiger partial charge >= 0.3 is 0 Å². The highest BCUT2D eigenvalue weighted by Gasteiger charge is 2.49. The molecule has 4 aliphatic rings. The van der Waals surface area contributed by atoms with Gasteiger partial charge in [0.05, 0.1) is 23.3 Å². The molecule has 0 atom stereocenters. The Kier molecular flexibility index (Phi) is 4.54. The van der Waals surface area contributed by atoms with Crippen molar-refractivity contribution in [3.63, 3.8) is 0 Å². The van der Waals surface area contributed by atoms with Gasteiger partial charge < -0.3 is 0 Å². The van der Waals surface area contributed by atoms with Crippen molar-refractivity contribution in [3.05, 3.63) is 71.4 Å². The molecule has 2 aromatic heterocycles. The van der Waals surface area contributed by atoms with E-state index in [1.165, 1.54) is 48.9 Å². The molecule has 0 unspecified atom stereocenters. The molecule has 0 aliphatic heterocycles. The lowest BCUT2D eigenvalue weighted by Crippen LogP contribution is -2.44. The summed E-state index contributed by atoms with van der Waals surface area (Å²) in [5.41, 5.74) is 7.05. The zero-order chi connectivity index (χ0) is 21.9. The zero-order valence-corrected chi connectivity index (χ0v) is 19.7. The molecule has 5 heteroatoms. The first-order valence-electron chi connectivity index (χ1n) is 12.3. The second kappa shape index (κ2) is 7.63. The SMILES string of the molecule is Cc1ccc(-c2nc(-c3ccc(-n4nncc4C4C5CC6CC(C5)CC4C6)cc3)cs2)cc1. The van der Waals surface area contributed by atoms with Gasteiger partial charge in [-0.2, -0.15) is 0 Å². The van der Waals surface area contributed by atoms with Crippen LogP contribution in [0, 0.1) is 30.6 Å². The van der Waals surface area contributed by atoms with E-state index < -0.39 is 0 Å². The van der Waals surface area contributed by atoms with Crippen molar-refractivity contribution >= 4 is 11.3 Å². The molecule has 0 N–H and O–H groups in total. The van der Waals surface area contributed by atoms with E-state index in [0.717, 1.165) is 45.6 Å². The average Bonchev–Trinajstić information content (AvgIpc) is 3.50. The third kappa shape index (κ3) is 3.36. The summed E-state index contributed by atoms with van der Waals surface area (Å²) in [5, 5.41) is 12.1. The molecule has 4 saturated carbocycles. The molecule has 166 valence electrons. The Bertz CT molecular complexity index is 1260. The standard InChI is InChI=1S/C28H28N4S/c1-17-2-4-21(5-3-17)28-30-25(16-33-28)20-6-8-24(9-7-20)32-26(15-29-31-32)27-22-11-18-10-19(13-22)14-23(27)12-18/h2-9,15-16,18-19,22-23,27H,10-14H2,1H3. The van der Waals surface area contributed by atoms with Crippen LogP contribution in [0.4, 0.5) is 0 Å². The van der Waals surface area contributed by atoms with Crippen molar-refractivity contribution in [1.29, 1.82) is 0 Å². The molecule has 2 aromatic carbocycles. The number of aromatic nitrogens is 4. The van der Waals surface area contributed by atoms with Gasteiger partial charge in [0, 0.05) is 22.4 Å². The molecule has 2 heterocycles. The molecule has 8 rings (SSSR count). The lowest BCUT2D eigenvalue weighted by atomic mass is 9.51. The largest absolute Gasteiger partial charge is 0.236 e. The maximum absolute atomic E-state index is 4.90. The third-order valence-corrected chi connectivity index (χ3v) is 9.25. The minimum absolute atomic E-state index is 0.628. The zero-order valence-electron chi connectivity index (χ0n) is 18.9. The van der Waals surface area contributed by atoms with Gasteiger partial charge in [0.25, 0.3) is 0 Å². The van der Waals surface area contributed by atoms with Gasteiger partial charge in [-0.25, -0.2) is 9.67 Å². The first-order chi connectivity index (χ1) is 16.2. The lowest BCUT2D eigenvalue weighted by Gasteiger charge is -2.54. The molecule has 4 aliphatic carbocycles. The summed E-state index contributed by atoms with van der Waals surface area (Å²) < 4.78 is 2.11. The van der Waals surface area contributed by atoms with E-state index in [1.54, 1.807) is 11.3 Å².